The molecule has 0 aliphatic heterocycles. The van der Waals surface area contributed by atoms with E-state index >= 15 is 0 Å². The van der Waals surface area contributed by atoms with Crippen molar-refractivity contribution in [3.8, 4) is 5.88 Å². The van der Waals surface area contributed by atoms with Gasteiger partial charge < -0.3 is 14.3 Å². The number of halogens is 7. The van der Waals surface area contributed by atoms with Gasteiger partial charge in [0, 0.05) is 23.6 Å². The normalized spacial score (nSPS) is 15.2. The van der Waals surface area contributed by atoms with Crippen molar-refractivity contribution in [1.82, 2.24) is 9.97 Å². The molecule has 198 valence electrons. The van der Waals surface area contributed by atoms with Crippen LogP contribution in [0.1, 0.15) is 37.1 Å². The molecule has 1 unspecified atom stereocenters. The van der Waals surface area contributed by atoms with E-state index in [1.807, 2.05) is 0 Å². The maximum atomic E-state index is 14.1. The molecule has 6 nitrogen and oxygen atoms in total. The van der Waals surface area contributed by atoms with Crippen molar-refractivity contribution in [2.24, 2.45) is 0 Å². The molecule has 0 bridgehead atoms. The van der Waals surface area contributed by atoms with E-state index in [9.17, 15) is 44.3 Å². The summed E-state index contributed by atoms with van der Waals surface area (Å²) in [5, 5.41) is 10.8. The molecule has 1 aromatic carbocycles. The van der Waals surface area contributed by atoms with Gasteiger partial charge >= 0.3 is 21.8 Å². The van der Waals surface area contributed by atoms with E-state index in [1.54, 1.807) is 6.92 Å². The lowest BCUT2D eigenvalue weighted by molar-refractivity contribution is -0.266. The molecule has 2 heterocycles. The molecule has 0 saturated heterocycles. The molecule has 3 rings (SSSR count). The molecule has 3 aromatic rings. The van der Waals surface area contributed by atoms with Gasteiger partial charge in [0.15, 0.2) is 5.60 Å². The summed E-state index contributed by atoms with van der Waals surface area (Å²) in [4.78, 5) is 6.01. The number of aryl methyl sites for hydroxylation is 1. The highest BCUT2D eigenvalue weighted by atomic mass is 32.2. The average Bonchev–Trinajstić information content (AvgIpc) is 3.08. The van der Waals surface area contributed by atoms with Crippen molar-refractivity contribution in [1.29, 1.82) is 0 Å². The van der Waals surface area contributed by atoms with E-state index < -0.39 is 57.4 Å². The van der Waals surface area contributed by atoms with E-state index in [0.717, 1.165) is 24.4 Å². The Morgan fingerprint density at radius 3 is 2.28 bits per heavy atom. The summed E-state index contributed by atoms with van der Waals surface area (Å²) in [7, 11) is -6.00. The smallest absolute Gasteiger partial charge is 0.380 e. The number of pyridine rings is 1. The number of H-pyrrole nitrogens is 1. The lowest BCUT2D eigenvalue weighted by Gasteiger charge is -2.38. The number of nitrogens with one attached hydrogen (secondary N) is 1. The predicted molar refractivity (Wildman–Crippen MR) is 115 cm³/mol. The second kappa shape index (κ2) is 8.91. The Balaban J connectivity index is 1.94. The highest BCUT2D eigenvalue weighted by molar-refractivity contribution is 7.87. The van der Waals surface area contributed by atoms with Crippen LogP contribution in [0.5, 0.6) is 5.88 Å². The molecule has 14 heteroatoms. The van der Waals surface area contributed by atoms with Gasteiger partial charge in [0.25, 0.3) is 0 Å². The molecule has 0 aliphatic carbocycles. The molecule has 0 saturated carbocycles. The number of hydrogen-bond donors (Lipinski definition) is 2. The van der Waals surface area contributed by atoms with E-state index in [0.29, 0.717) is 5.56 Å². The van der Waals surface area contributed by atoms with Gasteiger partial charge in [0.1, 0.15) is 5.82 Å². The predicted octanol–water partition coefficient (Wildman–Crippen LogP) is 5.44. The van der Waals surface area contributed by atoms with Crippen LogP contribution in [0.25, 0.3) is 10.9 Å². The van der Waals surface area contributed by atoms with Gasteiger partial charge in [-0.2, -0.15) is 34.8 Å². The molecule has 36 heavy (non-hydrogen) atoms. The maximum absolute atomic E-state index is 14.1. The molecule has 2 aromatic heterocycles. The van der Waals surface area contributed by atoms with Gasteiger partial charge in [0.2, 0.25) is 5.88 Å². The zero-order valence-electron chi connectivity index (χ0n) is 19.1. The fourth-order valence-corrected chi connectivity index (χ4v) is 4.51. The average molecular weight is 542 g/mol. The van der Waals surface area contributed by atoms with E-state index in [1.165, 1.54) is 26.0 Å². The highest BCUT2D eigenvalue weighted by Crippen LogP contribution is 2.44. The third-order valence-corrected chi connectivity index (χ3v) is 6.65. The fourth-order valence-electron chi connectivity index (χ4n) is 4.10. The van der Waals surface area contributed by atoms with Crippen molar-refractivity contribution < 1.29 is 48.4 Å². The summed E-state index contributed by atoms with van der Waals surface area (Å²) in [5.74, 6) is -1.59. The minimum atomic E-state index is -6.00. The van der Waals surface area contributed by atoms with Crippen molar-refractivity contribution in [2.75, 3.05) is 0 Å². The second-order valence-corrected chi connectivity index (χ2v) is 10.7. The standard InChI is InChI=1S/C22H21F7N2O4S/c1-12-4-5-14(23)8-16(12)19(2,3)11-20(32,21(24,25)26)9-15-6-13-7-18(30-10-17(13)31-15)35-36(33,34)22(27,28)29/h4-8,10,31-32H,9,11H2,1-3H3. The van der Waals surface area contributed by atoms with Crippen molar-refractivity contribution in [3.63, 3.8) is 0 Å². The molecule has 2 N–H and O–H groups in total. The van der Waals surface area contributed by atoms with E-state index in [4.69, 9.17) is 0 Å². The summed E-state index contributed by atoms with van der Waals surface area (Å²) in [6.45, 7) is 4.48. The zero-order chi connectivity index (χ0) is 27.3. The zero-order valence-corrected chi connectivity index (χ0v) is 19.9. The van der Waals surface area contributed by atoms with Crippen LogP contribution < -0.4 is 4.18 Å². The van der Waals surface area contributed by atoms with Crippen LogP contribution in [0.2, 0.25) is 0 Å². The van der Waals surface area contributed by atoms with E-state index in [-0.39, 0.29) is 22.2 Å². The number of aliphatic hydroxyl groups is 1. The molecular weight excluding hydrogens is 521 g/mol. The lowest BCUT2D eigenvalue weighted by Crippen LogP contribution is -2.51. The molecule has 0 radical (unpaired) electrons. The first kappa shape index (κ1) is 27.7. The summed E-state index contributed by atoms with van der Waals surface area (Å²) < 4.78 is 120. The second-order valence-electron chi connectivity index (χ2n) is 9.11. The maximum Gasteiger partial charge on any atom is 0.534 e. The first-order chi connectivity index (χ1) is 16.2. The summed E-state index contributed by atoms with van der Waals surface area (Å²) in [5.41, 5.74) is -9.61. The molecule has 1 atom stereocenters. The Labute approximate surface area is 201 Å². The minimum absolute atomic E-state index is 0.00265. The summed E-state index contributed by atoms with van der Waals surface area (Å²) in [6.07, 6.45) is -6.07. The minimum Gasteiger partial charge on any atom is -0.380 e. The Bertz CT molecular complexity index is 1380. The van der Waals surface area contributed by atoms with Crippen LogP contribution in [0.15, 0.2) is 36.5 Å². The molecule has 0 aliphatic rings. The van der Waals surface area contributed by atoms with Gasteiger partial charge in [-0.1, -0.05) is 19.9 Å². The number of benzene rings is 1. The first-order valence-corrected chi connectivity index (χ1v) is 11.7. The SMILES string of the molecule is Cc1ccc(F)cc1C(C)(C)CC(O)(Cc1cc2cc(OS(=O)(=O)C(F)(F)F)ncc2[nH]1)C(F)(F)F. The van der Waals surface area contributed by atoms with Crippen molar-refractivity contribution >= 4 is 21.0 Å². The van der Waals surface area contributed by atoms with Crippen LogP contribution >= 0.6 is 0 Å². The van der Waals surface area contributed by atoms with Crippen LogP contribution in [0.3, 0.4) is 0 Å². The summed E-state index contributed by atoms with van der Waals surface area (Å²) in [6, 6.07) is 5.59. The van der Waals surface area contributed by atoms with E-state index in [2.05, 4.69) is 14.2 Å². The van der Waals surface area contributed by atoms with Gasteiger partial charge in [0.05, 0.1) is 11.7 Å². The largest absolute Gasteiger partial charge is 0.534 e. The Kier molecular flexibility index (Phi) is 6.86. The highest BCUT2D eigenvalue weighted by Gasteiger charge is 2.56. The number of rotatable bonds is 7. The van der Waals surface area contributed by atoms with Gasteiger partial charge in [-0.3, -0.25) is 0 Å². The van der Waals surface area contributed by atoms with Crippen LogP contribution in [-0.2, 0) is 22.0 Å². The topological polar surface area (TPSA) is 92.3 Å². The summed E-state index contributed by atoms with van der Waals surface area (Å²) >= 11 is 0. The van der Waals surface area contributed by atoms with Crippen molar-refractivity contribution in [3.05, 3.63) is 59.2 Å². The number of aromatic amines is 1. The Hall–Kier alpha value is -2.87. The number of hydrogen-bond acceptors (Lipinski definition) is 5. The van der Waals surface area contributed by atoms with Gasteiger partial charge in [-0.25, -0.2) is 9.37 Å². The third-order valence-electron chi connectivity index (χ3n) is 5.69. The van der Waals surface area contributed by atoms with Crippen LogP contribution in [-0.4, -0.2) is 40.8 Å². The number of nitrogens with zero attached hydrogens (tertiary/aromatic N) is 1. The van der Waals surface area contributed by atoms with Gasteiger partial charge in [-0.15, -0.1) is 0 Å². The third kappa shape index (κ3) is 5.59. The number of aromatic nitrogens is 2. The molecule has 0 spiro atoms. The number of fused-ring (bicyclic) bond motifs is 1. The number of alkyl halides is 6. The molecular formula is C22H21F7N2O4S. The molecule has 0 amide bonds. The first-order valence-electron chi connectivity index (χ1n) is 10.3. The van der Waals surface area contributed by atoms with Crippen LogP contribution in [0.4, 0.5) is 30.7 Å². The van der Waals surface area contributed by atoms with Gasteiger partial charge in [-0.05, 0) is 48.1 Å². The fraction of sp³-hybridized carbons (Fsp3) is 0.409. The van der Waals surface area contributed by atoms with Crippen molar-refractivity contribution in [2.45, 2.75) is 56.3 Å². The Morgan fingerprint density at radius 2 is 1.69 bits per heavy atom. The quantitative estimate of drug-likeness (QED) is 0.236. The lowest BCUT2D eigenvalue weighted by atomic mass is 9.72. The Morgan fingerprint density at radius 1 is 1.06 bits per heavy atom. The molecule has 0 fully saturated rings. The van der Waals surface area contributed by atoms with Crippen LogP contribution in [0, 0.1) is 12.7 Å². The monoisotopic (exact) mass is 542 g/mol.